The molecule has 0 aliphatic carbocycles. The normalized spacial score (nSPS) is 13.7. The third-order valence-corrected chi connectivity index (χ3v) is 4.69. The van der Waals surface area contributed by atoms with Crippen molar-refractivity contribution in [2.45, 2.75) is 33.1 Å². The summed E-state index contributed by atoms with van der Waals surface area (Å²) in [7, 11) is 0. The van der Waals surface area contributed by atoms with Crippen LogP contribution >= 0.6 is 0 Å². The molecule has 2 aromatic carbocycles. The third kappa shape index (κ3) is 4.15. The molecule has 0 atom stereocenters. The van der Waals surface area contributed by atoms with E-state index in [0.717, 1.165) is 48.5 Å². The number of amides is 1. The maximum Gasteiger partial charge on any atom is 0.227 e. The number of carbonyl (C=O) groups is 1. The molecular weight excluding hydrogens is 331 g/mol. The maximum absolute atomic E-state index is 14.3. The van der Waals surface area contributed by atoms with E-state index in [9.17, 15) is 9.18 Å². The lowest BCUT2D eigenvalue weighted by molar-refractivity contribution is -0.116. The number of halogens is 1. The maximum atomic E-state index is 14.3. The topological polar surface area (TPSA) is 41.6 Å². The van der Waals surface area contributed by atoms with Crippen molar-refractivity contribution < 1.29 is 13.9 Å². The Bertz CT molecular complexity index is 765. The van der Waals surface area contributed by atoms with Crippen LogP contribution in [0.4, 0.5) is 15.8 Å². The van der Waals surface area contributed by atoms with Crippen molar-refractivity contribution in [3.63, 3.8) is 0 Å². The number of nitrogens with zero attached hydrogens (tertiary/aromatic N) is 1. The number of hydrogen-bond acceptors (Lipinski definition) is 3. The van der Waals surface area contributed by atoms with Crippen molar-refractivity contribution in [2.24, 2.45) is 0 Å². The molecule has 1 fully saturated rings. The van der Waals surface area contributed by atoms with E-state index >= 15 is 0 Å². The number of carbonyl (C=O) groups excluding carboxylic acids is 1. The molecule has 0 radical (unpaired) electrons. The summed E-state index contributed by atoms with van der Waals surface area (Å²) in [6, 6.07) is 10.8. The van der Waals surface area contributed by atoms with Crippen LogP contribution < -0.4 is 15.0 Å². The van der Waals surface area contributed by atoms with E-state index in [-0.39, 0.29) is 24.6 Å². The fraction of sp³-hybridized carbons (Fsp3) is 0.381. The predicted molar refractivity (Wildman–Crippen MR) is 103 cm³/mol. The summed E-state index contributed by atoms with van der Waals surface area (Å²) in [5, 5.41) is 2.74. The van der Waals surface area contributed by atoms with E-state index in [0.29, 0.717) is 0 Å². The Morgan fingerprint density at radius 1 is 1.12 bits per heavy atom. The molecule has 1 saturated heterocycles. The summed E-state index contributed by atoms with van der Waals surface area (Å²) in [6.07, 6.45) is 2.35. The summed E-state index contributed by atoms with van der Waals surface area (Å²) < 4.78 is 20.1. The van der Waals surface area contributed by atoms with Gasteiger partial charge in [-0.15, -0.1) is 0 Å². The van der Waals surface area contributed by atoms with E-state index in [1.807, 2.05) is 38.1 Å². The number of benzene rings is 2. The number of ether oxygens (including phenoxy) is 1. The van der Waals surface area contributed by atoms with Gasteiger partial charge >= 0.3 is 0 Å². The second-order valence-corrected chi connectivity index (χ2v) is 6.70. The first-order chi connectivity index (χ1) is 12.6. The average molecular weight is 356 g/mol. The second-order valence-electron chi connectivity index (χ2n) is 6.70. The lowest BCUT2D eigenvalue weighted by atomic mass is 10.1. The molecule has 3 rings (SSSR count). The van der Waals surface area contributed by atoms with Crippen molar-refractivity contribution >= 4 is 17.3 Å². The first-order valence-corrected chi connectivity index (χ1v) is 9.08. The standard InChI is InChI=1S/C21H25FN2O2/c1-15-7-5-8-16(2)21(15)26-14-11-19(25)23-20-17(22)9-6-10-18(20)24-12-3-4-13-24/h5-10H,3-4,11-14H2,1-2H3,(H,23,25). The lowest BCUT2D eigenvalue weighted by Crippen LogP contribution is -2.22. The van der Waals surface area contributed by atoms with Gasteiger partial charge in [0.2, 0.25) is 5.91 Å². The van der Waals surface area contributed by atoms with Gasteiger partial charge in [-0.1, -0.05) is 24.3 Å². The zero-order chi connectivity index (χ0) is 18.5. The molecule has 1 aliphatic rings. The van der Waals surface area contributed by atoms with Gasteiger partial charge in [-0.3, -0.25) is 4.79 Å². The first-order valence-electron chi connectivity index (χ1n) is 9.08. The minimum absolute atomic E-state index is 0.168. The van der Waals surface area contributed by atoms with Gasteiger partial charge in [0.05, 0.1) is 18.7 Å². The molecule has 0 bridgehead atoms. The van der Waals surface area contributed by atoms with Crippen LogP contribution in [0.2, 0.25) is 0 Å². The van der Waals surface area contributed by atoms with Gasteiger partial charge in [0.15, 0.2) is 0 Å². The number of anilines is 2. The number of hydrogen-bond donors (Lipinski definition) is 1. The zero-order valence-electron chi connectivity index (χ0n) is 15.3. The van der Waals surface area contributed by atoms with Crippen molar-refractivity contribution in [2.75, 3.05) is 29.9 Å². The van der Waals surface area contributed by atoms with Crippen molar-refractivity contribution in [1.29, 1.82) is 0 Å². The van der Waals surface area contributed by atoms with Crippen LogP contribution in [-0.2, 0) is 4.79 Å². The first kappa shape index (κ1) is 18.2. The van der Waals surface area contributed by atoms with Gasteiger partial charge in [-0.2, -0.15) is 0 Å². The molecule has 1 heterocycles. The predicted octanol–water partition coefficient (Wildman–Crippen LogP) is 4.45. The Morgan fingerprint density at radius 2 is 1.77 bits per heavy atom. The van der Waals surface area contributed by atoms with Gasteiger partial charge in [0, 0.05) is 13.1 Å². The van der Waals surface area contributed by atoms with Crippen molar-refractivity contribution in [1.82, 2.24) is 0 Å². The summed E-state index contributed by atoms with van der Waals surface area (Å²) >= 11 is 0. The van der Waals surface area contributed by atoms with Crippen molar-refractivity contribution in [3.05, 3.63) is 53.3 Å². The summed E-state index contributed by atoms with van der Waals surface area (Å²) in [5.74, 6) is 0.157. The number of aryl methyl sites for hydroxylation is 2. The van der Waals surface area contributed by atoms with E-state index in [1.165, 1.54) is 6.07 Å². The van der Waals surface area contributed by atoms with Crippen LogP contribution in [0.25, 0.3) is 0 Å². The SMILES string of the molecule is Cc1cccc(C)c1OCCC(=O)Nc1c(F)cccc1N1CCCC1. The Morgan fingerprint density at radius 3 is 2.46 bits per heavy atom. The Labute approximate surface area is 154 Å². The van der Waals surface area contributed by atoms with E-state index in [4.69, 9.17) is 4.74 Å². The molecule has 0 spiro atoms. The van der Waals surface area contributed by atoms with Gasteiger partial charge in [0.1, 0.15) is 17.3 Å². The Hall–Kier alpha value is -2.56. The summed E-state index contributed by atoms with van der Waals surface area (Å²) in [6.45, 7) is 5.99. The van der Waals surface area contributed by atoms with Crippen LogP contribution in [0.15, 0.2) is 36.4 Å². The molecule has 0 saturated carbocycles. The van der Waals surface area contributed by atoms with Gasteiger partial charge in [-0.05, 0) is 49.9 Å². The molecule has 5 heteroatoms. The molecule has 1 amide bonds. The van der Waals surface area contributed by atoms with Crippen LogP contribution in [0.1, 0.15) is 30.4 Å². The highest BCUT2D eigenvalue weighted by atomic mass is 19.1. The third-order valence-electron chi connectivity index (χ3n) is 4.69. The van der Waals surface area contributed by atoms with E-state index in [2.05, 4.69) is 10.2 Å². The van der Waals surface area contributed by atoms with Gasteiger partial charge < -0.3 is 15.0 Å². The molecule has 2 aromatic rings. The van der Waals surface area contributed by atoms with Gasteiger partial charge in [0.25, 0.3) is 0 Å². The highest BCUT2D eigenvalue weighted by Gasteiger charge is 2.19. The second kappa shape index (κ2) is 8.21. The van der Waals surface area contributed by atoms with Crippen LogP contribution in [0.5, 0.6) is 5.75 Å². The molecule has 0 unspecified atom stereocenters. The molecule has 138 valence electrons. The highest BCUT2D eigenvalue weighted by Crippen LogP contribution is 2.31. The minimum Gasteiger partial charge on any atom is -0.493 e. The van der Waals surface area contributed by atoms with Crippen LogP contribution in [-0.4, -0.2) is 25.6 Å². The van der Waals surface area contributed by atoms with Crippen molar-refractivity contribution in [3.8, 4) is 5.75 Å². The minimum atomic E-state index is -0.404. The average Bonchev–Trinajstić information content (AvgIpc) is 3.14. The van der Waals surface area contributed by atoms with E-state index < -0.39 is 5.82 Å². The quantitative estimate of drug-likeness (QED) is 0.831. The molecule has 26 heavy (non-hydrogen) atoms. The number of para-hydroxylation sites is 2. The van der Waals surface area contributed by atoms with Crippen LogP contribution in [0, 0.1) is 19.7 Å². The fourth-order valence-corrected chi connectivity index (χ4v) is 3.33. The molecule has 0 aromatic heterocycles. The van der Waals surface area contributed by atoms with E-state index in [1.54, 1.807) is 6.07 Å². The number of nitrogens with one attached hydrogen (secondary N) is 1. The monoisotopic (exact) mass is 356 g/mol. The Kier molecular flexibility index (Phi) is 5.76. The molecule has 1 aliphatic heterocycles. The number of rotatable bonds is 6. The summed E-state index contributed by atoms with van der Waals surface area (Å²) in [4.78, 5) is 14.4. The highest BCUT2D eigenvalue weighted by molar-refractivity contribution is 5.94. The van der Waals surface area contributed by atoms with Crippen LogP contribution in [0.3, 0.4) is 0 Å². The molecule has 1 N–H and O–H groups in total. The summed E-state index contributed by atoms with van der Waals surface area (Å²) in [5.41, 5.74) is 3.10. The van der Waals surface area contributed by atoms with Gasteiger partial charge in [-0.25, -0.2) is 4.39 Å². The smallest absolute Gasteiger partial charge is 0.227 e. The largest absolute Gasteiger partial charge is 0.493 e. The Balaban J connectivity index is 1.62. The fourth-order valence-electron chi connectivity index (χ4n) is 3.33. The zero-order valence-corrected chi connectivity index (χ0v) is 15.3. The lowest BCUT2D eigenvalue weighted by Gasteiger charge is -2.22. The molecule has 4 nitrogen and oxygen atoms in total. The molecular formula is C21H25FN2O2.